The molecule has 0 aromatic heterocycles. The third-order valence-electron chi connectivity index (χ3n) is 3.91. The van der Waals surface area contributed by atoms with Gasteiger partial charge in [0.1, 0.15) is 0 Å². The molecule has 0 heterocycles. The van der Waals surface area contributed by atoms with Crippen LogP contribution in [0.1, 0.15) is 45.4 Å². The van der Waals surface area contributed by atoms with E-state index in [0.717, 1.165) is 25.7 Å². The van der Waals surface area contributed by atoms with Gasteiger partial charge < -0.3 is 10.0 Å². The number of hydrogen-bond donors (Lipinski definition) is 1. The summed E-state index contributed by atoms with van der Waals surface area (Å²) in [5.74, 6) is -1.08. The molecule has 5 heteroatoms. The molecule has 0 bridgehead atoms. The van der Waals surface area contributed by atoms with Crippen LogP contribution in [0.5, 0.6) is 0 Å². The summed E-state index contributed by atoms with van der Waals surface area (Å²) in [4.78, 5) is 24.7. The molecule has 1 N–H and O–H groups in total. The van der Waals surface area contributed by atoms with Crippen molar-refractivity contribution in [2.24, 2.45) is 11.3 Å². The maximum absolute atomic E-state index is 12.2. The quantitative estimate of drug-likeness (QED) is 0.797. The Morgan fingerprint density at radius 3 is 2.42 bits per heavy atom. The second-order valence-electron chi connectivity index (χ2n) is 5.76. The number of nitrogens with zero attached hydrogens (tertiary/aromatic N) is 2. The fraction of sp³-hybridized carbons (Fsp3) is 0.786. The van der Waals surface area contributed by atoms with E-state index < -0.39 is 5.97 Å². The fourth-order valence-electron chi connectivity index (χ4n) is 2.87. The van der Waals surface area contributed by atoms with E-state index in [1.807, 2.05) is 0 Å². The number of aliphatic carboxylic acids is 1. The average molecular weight is 266 g/mol. The molecule has 0 spiro atoms. The van der Waals surface area contributed by atoms with Gasteiger partial charge in [-0.3, -0.25) is 9.59 Å². The molecule has 5 nitrogen and oxygen atoms in total. The van der Waals surface area contributed by atoms with Crippen LogP contribution in [0.25, 0.3) is 0 Å². The van der Waals surface area contributed by atoms with Crippen LogP contribution >= 0.6 is 0 Å². The number of carboxylic acids is 1. The summed E-state index contributed by atoms with van der Waals surface area (Å²) in [6, 6.07) is 2.10. The minimum absolute atomic E-state index is 0.0507. The average Bonchev–Trinajstić information content (AvgIpc) is 2.75. The first kappa shape index (κ1) is 15.5. The van der Waals surface area contributed by atoms with E-state index in [1.54, 1.807) is 18.9 Å². The maximum atomic E-state index is 12.2. The van der Waals surface area contributed by atoms with Gasteiger partial charge in [0.2, 0.25) is 5.91 Å². The molecular weight excluding hydrogens is 244 g/mol. The largest absolute Gasteiger partial charge is 0.481 e. The second kappa shape index (κ2) is 6.55. The number of rotatable bonds is 6. The number of carboxylic acid groups (broad SMARTS) is 1. The van der Waals surface area contributed by atoms with Crippen molar-refractivity contribution in [2.45, 2.75) is 45.4 Å². The summed E-state index contributed by atoms with van der Waals surface area (Å²) in [6.07, 6.45) is 3.98. The molecule has 1 fully saturated rings. The van der Waals surface area contributed by atoms with Gasteiger partial charge in [-0.05, 0) is 25.2 Å². The van der Waals surface area contributed by atoms with Crippen LogP contribution in [0.4, 0.5) is 0 Å². The van der Waals surface area contributed by atoms with Crippen LogP contribution in [0, 0.1) is 22.7 Å². The molecule has 1 rings (SSSR count). The third-order valence-corrected chi connectivity index (χ3v) is 3.91. The Morgan fingerprint density at radius 1 is 1.37 bits per heavy atom. The zero-order valence-electron chi connectivity index (χ0n) is 11.7. The van der Waals surface area contributed by atoms with Crippen molar-refractivity contribution < 1.29 is 14.7 Å². The van der Waals surface area contributed by atoms with Crippen molar-refractivity contribution >= 4 is 11.9 Å². The monoisotopic (exact) mass is 266 g/mol. The minimum atomic E-state index is -0.831. The van der Waals surface area contributed by atoms with Crippen LogP contribution in [-0.2, 0) is 9.59 Å². The lowest BCUT2D eigenvalue weighted by molar-refractivity contribution is -0.141. The van der Waals surface area contributed by atoms with Gasteiger partial charge in [-0.15, -0.1) is 0 Å². The highest BCUT2D eigenvalue weighted by atomic mass is 16.4. The SMILES string of the molecule is CC(C#N)CN(C)C(=O)CC1(CC(=O)O)CCCC1. The van der Waals surface area contributed by atoms with E-state index in [1.165, 1.54) is 0 Å². The van der Waals surface area contributed by atoms with Crippen LogP contribution in [-0.4, -0.2) is 35.5 Å². The van der Waals surface area contributed by atoms with Gasteiger partial charge in [-0.1, -0.05) is 12.8 Å². The van der Waals surface area contributed by atoms with Crippen LogP contribution in [0.3, 0.4) is 0 Å². The number of amides is 1. The summed E-state index contributed by atoms with van der Waals surface area (Å²) in [5, 5.41) is 17.8. The topological polar surface area (TPSA) is 81.4 Å². The molecule has 1 unspecified atom stereocenters. The molecule has 1 aliphatic rings. The molecule has 1 amide bonds. The summed E-state index contributed by atoms with van der Waals surface area (Å²) in [5.41, 5.74) is -0.368. The molecule has 0 radical (unpaired) electrons. The molecule has 0 saturated heterocycles. The molecule has 0 aromatic rings. The number of carbonyl (C=O) groups excluding carboxylic acids is 1. The zero-order chi connectivity index (χ0) is 14.5. The van der Waals surface area contributed by atoms with Crippen LogP contribution < -0.4 is 0 Å². The summed E-state index contributed by atoms with van der Waals surface area (Å²) < 4.78 is 0. The Hall–Kier alpha value is -1.57. The highest BCUT2D eigenvalue weighted by molar-refractivity contribution is 5.78. The molecule has 19 heavy (non-hydrogen) atoms. The third kappa shape index (κ3) is 4.55. The normalized spacial score (nSPS) is 18.6. The standard InChI is InChI=1S/C14H22N2O3/c1-11(9-15)10-16(2)12(17)7-14(8-13(18)19)5-3-4-6-14/h11H,3-8,10H2,1-2H3,(H,18,19). The number of nitriles is 1. The van der Waals surface area contributed by atoms with Crippen molar-refractivity contribution in [1.82, 2.24) is 4.90 Å². The zero-order valence-corrected chi connectivity index (χ0v) is 11.7. The van der Waals surface area contributed by atoms with Gasteiger partial charge in [-0.2, -0.15) is 5.26 Å². The summed E-state index contributed by atoms with van der Waals surface area (Å²) in [7, 11) is 1.68. The smallest absolute Gasteiger partial charge is 0.303 e. The Balaban J connectivity index is 2.62. The van der Waals surface area contributed by atoms with E-state index >= 15 is 0 Å². The van der Waals surface area contributed by atoms with Crippen molar-refractivity contribution in [3.8, 4) is 6.07 Å². The first-order chi connectivity index (χ1) is 8.88. The van der Waals surface area contributed by atoms with E-state index in [9.17, 15) is 9.59 Å². The molecule has 1 saturated carbocycles. The van der Waals surface area contributed by atoms with Crippen molar-refractivity contribution in [3.63, 3.8) is 0 Å². The van der Waals surface area contributed by atoms with E-state index in [2.05, 4.69) is 6.07 Å². The van der Waals surface area contributed by atoms with Gasteiger partial charge in [0.05, 0.1) is 18.4 Å². The van der Waals surface area contributed by atoms with E-state index in [0.29, 0.717) is 6.54 Å². The highest BCUT2D eigenvalue weighted by Crippen LogP contribution is 2.44. The maximum Gasteiger partial charge on any atom is 0.303 e. The number of hydrogen-bond acceptors (Lipinski definition) is 3. The highest BCUT2D eigenvalue weighted by Gasteiger charge is 2.38. The van der Waals surface area contributed by atoms with Gasteiger partial charge >= 0.3 is 5.97 Å². The summed E-state index contributed by atoms with van der Waals surface area (Å²) >= 11 is 0. The molecule has 106 valence electrons. The van der Waals surface area contributed by atoms with Gasteiger partial charge in [0.15, 0.2) is 0 Å². The van der Waals surface area contributed by atoms with E-state index in [4.69, 9.17) is 10.4 Å². The molecular formula is C14H22N2O3. The Morgan fingerprint density at radius 2 is 1.95 bits per heavy atom. The Labute approximate surface area is 114 Å². The van der Waals surface area contributed by atoms with Crippen molar-refractivity contribution in [1.29, 1.82) is 5.26 Å². The van der Waals surface area contributed by atoms with Gasteiger partial charge in [-0.25, -0.2) is 0 Å². The molecule has 0 aliphatic heterocycles. The molecule has 1 atom stereocenters. The van der Waals surface area contributed by atoms with Crippen molar-refractivity contribution in [2.75, 3.05) is 13.6 Å². The van der Waals surface area contributed by atoms with E-state index in [-0.39, 0.29) is 30.1 Å². The lowest BCUT2D eigenvalue weighted by Gasteiger charge is -2.29. The first-order valence-corrected chi connectivity index (χ1v) is 6.74. The van der Waals surface area contributed by atoms with Crippen LogP contribution in [0.2, 0.25) is 0 Å². The lowest BCUT2D eigenvalue weighted by Crippen LogP contribution is -2.35. The fourth-order valence-corrected chi connectivity index (χ4v) is 2.87. The van der Waals surface area contributed by atoms with Crippen LogP contribution in [0.15, 0.2) is 0 Å². The molecule has 0 aromatic carbocycles. The second-order valence-corrected chi connectivity index (χ2v) is 5.76. The van der Waals surface area contributed by atoms with Gasteiger partial charge in [0, 0.05) is 20.0 Å². The Kier molecular flexibility index (Phi) is 5.34. The predicted molar refractivity (Wildman–Crippen MR) is 70.2 cm³/mol. The predicted octanol–water partition coefficient (Wildman–Crippen LogP) is 2.03. The lowest BCUT2D eigenvalue weighted by atomic mass is 9.79. The first-order valence-electron chi connectivity index (χ1n) is 6.74. The van der Waals surface area contributed by atoms with Crippen molar-refractivity contribution in [3.05, 3.63) is 0 Å². The molecule has 1 aliphatic carbocycles. The summed E-state index contributed by atoms with van der Waals surface area (Å²) in [6.45, 7) is 2.17. The minimum Gasteiger partial charge on any atom is -0.481 e. The number of carbonyl (C=O) groups is 2. The Bertz CT molecular complexity index is 381. The van der Waals surface area contributed by atoms with Gasteiger partial charge in [0.25, 0.3) is 0 Å².